The molecular weight excluding hydrogens is 202 g/mol. The van der Waals surface area contributed by atoms with Gasteiger partial charge in [0.25, 0.3) is 0 Å². The van der Waals surface area contributed by atoms with Crippen molar-refractivity contribution in [2.45, 2.75) is 43.7 Å². The number of hydrogen-bond acceptors (Lipinski definition) is 3. The van der Waals surface area contributed by atoms with E-state index >= 15 is 0 Å². The highest BCUT2D eigenvalue weighted by Crippen LogP contribution is 2.39. The fourth-order valence-electron chi connectivity index (χ4n) is 3.16. The van der Waals surface area contributed by atoms with Gasteiger partial charge in [-0.3, -0.25) is 4.90 Å². The molecule has 0 amide bonds. The molecule has 1 aliphatic carbocycles. The van der Waals surface area contributed by atoms with Crippen LogP contribution in [-0.2, 0) is 4.74 Å². The normalized spacial score (nSPS) is 27.5. The van der Waals surface area contributed by atoms with Crippen molar-refractivity contribution in [2.24, 2.45) is 0 Å². The third kappa shape index (κ3) is 2.10. The highest BCUT2D eigenvalue weighted by molar-refractivity contribution is 5.04. The Kier molecular flexibility index (Phi) is 3.86. The summed E-state index contributed by atoms with van der Waals surface area (Å²) in [4.78, 5) is 2.41. The molecule has 1 saturated heterocycles. The fraction of sp³-hybridized carbons (Fsp3) is 0.846. The zero-order valence-electron chi connectivity index (χ0n) is 9.82. The lowest BCUT2D eigenvalue weighted by atomic mass is 9.86. The summed E-state index contributed by atoms with van der Waals surface area (Å²) in [6.45, 7) is 3.43. The van der Waals surface area contributed by atoms with Crippen molar-refractivity contribution in [3.05, 3.63) is 0 Å². The molecule has 3 heteroatoms. The van der Waals surface area contributed by atoms with Crippen LogP contribution in [0.3, 0.4) is 0 Å². The maximum atomic E-state index is 10.3. The lowest BCUT2D eigenvalue weighted by molar-refractivity contribution is -0.0740. The van der Waals surface area contributed by atoms with Crippen molar-refractivity contribution >= 4 is 0 Å². The molecule has 16 heavy (non-hydrogen) atoms. The van der Waals surface area contributed by atoms with Crippen LogP contribution in [0, 0.1) is 12.3 Å². The minimum Gasteiger partial charge on any atom is -0.390 e. The molecule has 90 valence electrons. The number of morpholine rings is 1. The second kappa shape index (κ2) is 5.18. The Labute approximate surface area is 97.8 Å². The second-order valence-corrected chi connectivity index (χ2v) is 4.83. The van der Waals surface area contributed by atoms with E-state index in [2.05, 4.69) is 10.8 Å². The summed E-state index contributed by atoms with van der Waals surface area (Å²) in [7, 11) is 0. The van der Waals surface area contributed by atoms with Crippen molar-refractivity contribution in [2.75, 3.05) is 26.3 Å². The lowest BCUT2D eigenvalue weighted by Gasteiger charge is -2.46. The molecule has 2 aliphatic rings. The molecule has 0 aromatic carbocycles. The summed E-state index contributed by atoms with van der Waals surface area (Å²) in [5.41, 5.74) is -0.0594. The zero-order valence-corrected chi connectivity index (χ0v) is 9.82. The topological polar surface area (TPSA) is 32.7 Å². The van der Waals surface area contributed by atoms with Crippen LogP contribution in [0.1, 0.15) is 32.1 Å². The first-order valence-electron chi connectivity index (χ1n) is 6.24. The van der Waals surface area contributed by atoms with Gasteiger partial charge >= 0.3 is 0 Å². The first-order valence-corrected chi connectivity index (χ1v) is 6.24. The highest BCUT2D eigenvalue weighted by Gasteiger charge is 2.45. The first-order chi connectivity index (χ1) is 7.79. The van der Waals surface area contributed by atoms with Gasteiger partial charge in [-0.1, -0.05) is 12.8 Å². The van der Waals surface area contributed by atoms with Gasteiger partial charge in [-0.05, 0) is 12.8 Å². The van der Waals surface area contributed by atoms with Gasteiger partial charge < -0.3 is 9.84 Å². The third-order valence-corrected chi connectivity index (χ3v) is 4.04. The molecule has 0 aromatic rings. The Balaban J connectivity index is 2.10. The van der Waals surface area contributed by atoms with Crippen molar-refractivity contribution in [3.8, 4) is 12.3 Å². The second-order valence-electron chi connectivity index (χ2n) is 4.83. The smallest absolute Gasteiger partial charge is 0.0832 e. The van der Waals surface area contributed by atoms with E-state index in [9.17, 15) is 5.11 Å². The van der Waals surface area contributed by atoms with Gasteiger partial charge in [-0.25, -0.2) is 0 Å². The molecule has 1 N–H and O–H groups in total. The summed E-state index contributed by atoms with van der Waals surface area (Å²) < 4.78 is 5.38. The van der Waals surface area contributed by atoms with E-state index in [1.54, 1.807) is 0 Å². The van der Waals surface area contributed by atoms with Crippen molar-refractivity contribution in [1.82, 2.24) is 4.90 Å². The molecule has 3 nitrogen and oxygen atoms in total. The number of aliphatic hydroxyl groups is 1. The van der Waals surface area contributed by atoms with E-state index < -0.39 is 0 Å². The lowest BCUT2D eigenvalue weighted by Crippen LogP contribution is -2.58. The minimum absolute atomic E-state index is 0.0594. The monoisotopic (exact) mass is 223 g/mol. The van der Waals surface area contributed by atoms with Crippen molar-refractivity contribution in [3.63, 3.8) is 0 Å². The number of terminal acetylenes is 1. The summed E-state index contributed by atoms with van der Waals surface area (Å²) in [6.07, 6.45) is 10.00. The van der Waals surface area contributed by atoms with E-state index in [4.69, 9.17) is 11.2 Å². The summed E-state index contributed by atoms with van der Waals surface area (Å²) >= 11 is 0. The van der Waals surface area contributed by atoms with E-state index in [1.165, 1.54) is 12.8 Å². The van der Waals surface area contributed by atoms with Crippen molar-refractivity contribution in [1.29, 1.82) is 0 Å². The average Bonchev–Trinajstić information content (AvgIpc) is 2.81. The number of rotatable bonds is 3. The molecule has 2 rings (SSSR count). The molecule has 1 unspecified atom stereocenters. The molecule has 0 radical (unpaired) electrons. The first kappa shape index (κ1) is 11.9. The van der Waals surface area contributed by atoms with Gasteiger partial charge in [0.05, 0.1) is 19.3 Å². The Bertz CT molecular complexity index is 260. The van der Waals surface area contributed by atoms with Crippen LogP contribution >= 0.6 is 0 Å². The van der Waals surface area contributed by atoms with Gasteiger partial charge in [-0.15, -0.1) is 12.3 Å². The molecule has 2 fully saturated rings. The van der Waals surface area contributed by atoms with Gasteiger partial charge in [0, 0.05) is 25.0 Å². The van der Waals surface area contributed by atoms with Gasteiger partial charge in [0.1, 0.15) is 0 Å². The third-order valence-electron chi connectivity index (χ3n) is 4.04. The van der Waals surface area contributed by atoms with Crippen LogP contribution < -0.4 is 0 Å². The van der Waals surface area contributed by atoms with E-state index in [1.807, 2.05) is 0 Å². The van der Waals surface area contributed by atoms with Crippen LogP contribution in [0.4, 0.5) is 0 Å². The largest absolute Gasteiger partial charge is 0.390 e. The highest BCUT2D eigenvalue weighted by atomic mass is 16.5. The summed E-state index contributed by atoms with van der Waals surface area (Å²) in [6, 6.07) is 0. The number of nitrogens with zero attached hydrogens (tertiary/aromatic N) is 1. The number of ether oxygens (including phenoxy) is 1. The van der Waals surface area contributed by atoms with Gasteiger partial charge in [0.15, 0.2) is 0 Å². The molecule has 0 spiro atoms. The predicted octanol–water partition coefficient (Wildman–Crippen LogP) is 1.02. The zero-order chi connectivity index (χ0) is 11.4. The van der Waals surface area contributed by atoms with Crippen LogP contribution in [0.5, 0.6) is 0 Å². The van der Waals surface area contributed by atoms with Crippen LogP contribution in [0.15, 0.2) is 0 Å². The Morgan fingerprint density at radius 2 is 1.94 bits per heavy atom. The molecule has 1 atom stereocenters. The Hall–Kier alpha value is -0.560. The average molecular weight is 223 g/mol. The predicted molar refractivity (Wildman–Crippen MR) is 63.0 cm³/mol. The molecule has 1 saturated carbocycles. The van der Waals surface area contributed by atoms with Crippen molar-refractivity contribution < 1.29 is 9.84 Å². The standard InChI is InChI=1S/C13H21NO2/c1-2-5-12(15)13(6-3-4-7-13)14-8-10-16-11-9-14/h1,12,15H,3-11H2. The maximum Gasteiger partial charge on any atom is 0.0832 e. The van der Waals surface area contributed by atoms with Gasteiger partial charge in [-0.2, -0.15) is 0 Å². The minimum atomic E-state index is -0.377. The molecule has 1 heterocycles. The number of hydrogen-bond donors (Lipinski definition) is 1. The van der Waals surface area contributed by atoms with Gasteiger partial charge in [0.2, 0.25) is 0 Å². The van der Waals surface area contributed by atoms with E-state index in [0.29, 0.717) is 6.42 Å². The Morgan fingerprint density at radius 1 is 1.31 bits per heavy atom. The van der Waals surface area contributed by atoms with Crippen LogP contribution in [0.2, 0.25) is 0 Å². The SMILES string of the molecule is C#CCC(O)C1(N2CCOCC2)CCCC1. The van der Waals surface area contributed by atoms with Crippen LogP contribution in [0.25, 0.3) is 0 Å². The molecular formula is C13H21NO2. The maximum absolute atomic E-state index is 10.3. The quantitative estimate of drug-likeness (QED) is 0.725. The van der Waals surface area contributed by atoms with E-state index in [-0.39, 0.29) is 11.6 Å². The molecule has 0 aromatic heterocycles. The van der Waals surface area contributed by atoms with E-state index in [0.717, 1.165) is 39.1 Å². The van der Waals surface area contributed by atoms with Crippen LogP contribution in [-0.4, -0.2) is 48.0 Å². The Morgan fingerprint density at radius 3 is 2.50 bits per heavy atom. The fourth-order valence-corrected chi connectivity index (χ4v) is 3.16. The number of aliphatic hydroxyl groups excluding tert-OH is 1. The molecule has 1 aliphatic heterocycles. The summed E-state index contributed by atoms with van der Waals surface area (Å²) in [5, 5.41) is 10.3. The molecule has 0 bridgehead atoms. The summed E-state index contributed by atoms with van der Waals surface area (Å²) in [5.74, 6) is 2.60.